The van der Waals surface area contributed by atoms with Gasteiger partial charge in [-0.15, -0.1) is 0 Å². The van der Waals surface area contributed by atoms with Crippen molar-refractivity contribution in [2.24, 2.45) is 5.73 Å². The van der Waals surface area contributed by atoms with Crippen LogP contribution in [0, 0.1) is 0 Å². The van der Waals surface area contributed by atoms with Gasteiger partial charge in [-0.1, -0.05) is 18.2 Å². The number of fused-ring (bicyclic) bond motifs is 1. The summed E-state index contributed by atoms with van der Waals surface area (Å²) in [5.74, 6) is 1.26. The van der Waals surface area contributed by atoms with Crippen LogP contribution in [0.15, 0.2) is 48.8 Å². The number of nitrogens with zero attached hydrogens (tertiary/aromatic N) is 3. The van der Waals surface area contributed by atoms with Gasteiger partial charge in [-0.3, -0.25) is 0 Å². The zero-order valence-electron chi connectivity index (χ0n) is 9.65. The van der Waals surface area contributed by atoms with Crippen LogP contribution in [0.25, 0.3) is 5.65 Å². The van der Waals surface area contributed by atoms with Crippen LogP contribution in [0.5, 0.6) is 11.6 Å². The SMILES string of the molecule is NCc1ccccc1Oc1ccn2nccc2n1. The van der Waals surface area contributed by atoms with Gasteiger partial charge < -0.3 is 10.5 Å². The van der Waals surface area contributed by atoms with E-state index >= 15 is 0 Å². The molecule has 0 saturated carbocycles. The quantitative estimate of drug-likeness (QED) is 0.760. The van der Waals surface area contributed by atoms with Crippen LogP contribution in [0.4, 0.5) is 0 Å². The largest absolute Gasteiger partial charge is 0.439 e. The number of para-hydroxylation sites is 1. The minimum atomic E-state index is 0.436. The van der Waals surface area contributed by atoms with Crippen LogP contribution in [0.3, 0.4) is 0 Å². The summed E-state index contributed by atoms with van der Waals surface area (Å²) in [4.78, 5) is 4.34. The molecular weight excluding hydrogens is 228 g/mol. The Hall–Kier alpha value is -2.40. The summed E-state index contributed by atoms with van der Waals surface area (Å²) in [7, 11) is 0. The fourth-order valence-electron chi connectivity index (χ4n) is 1.74. The molecular formula is C13H12N4O. The Kier molecular flexibility index (Phi) is 2.66. The summed E-state index contributed by atoms with van der Waals surface area (Å²) >= 11 is 0. The van der Waals surface area contributed by atoms with E-state index in [2.05, 4.69) is 10.1 Å². The molecule has 0 saturated heterocycles. The van der Waals surface area contributed by atoms with Crippen molar-refractivity contribution in [3.05, 3.63) is 54.4 Å². The average molecular weight is 240 g/mol. The Labute approximate surface area is 104 Å². The lowest BCUT2D eigenvalue weighted by Gasteiger charge is -2.08. The molecule has 0 spiro atoms. The number of hydrogen-bond acceptors (Lipinski definition) is 4. The van der Waals surface area contributed by atoms with Crippen LogP contribution < -0.4 is 10.5 Å². The van der Waals surface area contributed by atoms with Crippen molar-refractivity contribution in [3.8, 4) is 11.6 Å². The molecule has 0 unspecified atom stereocenters. The lowest BCUT2D eigenvalue weighted by molar-refractivity contribution is 0.457. The lowest BCUT2D eigenvalue weighted by atomic mass is 10.2. The normalized spacial score (nSPS) is 10.7. The number of rotatable bonds is 3. The average Bonchev–Trinajstić information content (AvgIpc) is 2.87. The Morgan fingerprint density at radius 2 is 2.06 bits per heavy atom. The molecule has 3 aromatic rings. The summed E-state index contributed by atoms with van der Waals surface area (Å²) < 4.78 is 7.43. The van der Waals surface area contributed by atoms with E-state index < -0.39 is 0 Å². The highest BCUT2D eigenvalue weighted by atomic mass is 16.5. The third-order valence-corrected chi connectivity index (χ3v) is 2.64. The summed E-state index contributed by atoms with van der Waals surface area (Å²) in [5.41, 5.74) is 7.36. The van der Waals surface area contributed by atoms with Crippen molar-refractivity contribution in [2.45, 2.75) is 6.54 Å². The van der Waals surface area contributed by atoms with Gasteiger partial charge in [0.15, 0.2) is 5.65 Å². The monoisotopic (exact) mass is 240 g/mol. The number of ether oxygens (including phenoxy) is 1. The molecule has 0 radical (unpaired) electrons. The molecule has 0 aliphatic rings. The van der Waals surface area contributed by atoms with Crippen LogP contribution in [-0.4, -0.2) is 14.6 Å². The third kappa shape index (κ3) is 1.91. The molecule has 2 N–H and O–H groups in total. The molecule has 90 valence electrons. The zero-order chi connectivity index (χ0) is 12.4. The van der Waals surface area contributed by atoms with Gasteiger partial charge >= 0.3 is 0 Å². The minimum absolute atomic E-state index is 0.436. The Morgan fingerprint density at radius 3 is 2.94 bits per heavy atom. The van der Waals surface area contributed by atoms with E-state index in [1.165, 1.54) is 0 Å². The first-order chi connectivity index (χ1) is 8.86. The summed E-state index contributed by atoms with van der Waals surface area (Å²) in [6, 6.07) is 11.3. The van der Waals surface area contributed by atoms with Gasteiger partial charge in [0.1, 0.15) is 5.75 Å². The second-order valence-corrected chi connectivity index (χ2v) is 3.81. The number of nitrogens with two attached hydrogens (primary N) is 1. The molecule has 18 heavy (non-hydrogen) atoms. The van der Waals surface area contributed by atoms with Crippen LogP contribution in [-0.2, 0) is 6.54 Å². The topological polar surface area (TPSA) is 65.4 Å². The van der Waals surface area contributed by atoms with Crippen LogP contribution in [0.2, 0.25) is 0 Å². The highest BCUT2D eigenvalue weighted by molar-refractivity contribution is 5.40. The standard InChI is InChI=1S/C13H12N4O/c14-9-10-3-1-2-4-11(10)18-13-6-8-17-12(16-13)5-7-15-17/h1-8H,9,14H2. The molecule has 0 fully saturated rings. The van der Waals surface area contributed by atoms with Crippen molar-refractivity contribution < 1.29 is 4.74 Å². The second-order valence-electron chi connectivity index (χ2n) is 3.81. The smallest absolute Gasteiger partial charge is 0.222 e. The van der Waals surface area contributed by atoms with E-state index in [1.807, 2.05) is 36.5 Å². The highest BCUT2D eigenvalue weighted by Crippen LogP contribution is 2.23. The van der Waals surface area contributed by atoms with E-state index in [4.69, 9.17) is 10.5 Å². The Morgan fingerprint density at radius 1 is 1.17 bits per heavy atom. The van der Waals surface area contributed by atoms with E-state index in [-0.39, 0.29) is 0 Å². The van der Waals surface area contributed by atoms with E-state index in [0.717, 1.165) is 17.0 Å². The Bertz CT molecular complexity index is 677. The van der Waals surface area contributed by atoms with Crippen molar-refractivity contribution >= 4 is 5.65 Å². The second kappa shape index (κ2) is 4.46. The van der Waals surface area contributed by atoms with Gasteiger partial charge in [0.2, 0.25) is 5.88 Å². The molecule has 5 nitrogen and oxygen atoms in total. The predicted molar refractivity (Wildman–Crippen MR) is 67.4 cm³/mol. The zero-order valence-corrected chi connectivity index (χ0v) is 9.65. The van der Waals surface area contributed by atoms with Gasteiger partial charge in [-0.2, -0.15) is 10.1 Å². The number of hydrogen-bond donors (Lipinski definition) is 1. The minimum Gasteiger partial charge on any atom is -0.439 e. The molecule has 1 aromatic carbocycles. The summed E-state index contributed by atoms with van der Waals surface area (Å²) in [6.07, 6.45) is 3.50. The molecule has 2 heterocycles. The van der Waals surface area contributed by atoms with Crippen LogP contribution >= 0.6 is 0 Å². The van der Waals surface area contributed by atoms with E-state index in [0.29, 0.717) is 12.4 Å². The molecule has 0 aliphatic heterocycles. The van der Waals surface area contributed by atoms with Crippen molar-refractivity contribution in [1.29, 1.82) is 0 Å². The fourth-order valence-corrected chi connectivity index (χ4v) is 1.74. The fraction of sp³-hybridized carbons (Fsp3) is 0.0769. The van der Waals surface area contributed by atoms with Gasteiger partial charge in [-0.05, 0) is 6.07 Å². The molecule has 0 atom stereocenters. The predicted octanol–water partition coefficient (Wildman–Crippen LogP) is 1.98. The van der Waals surface area contributed by atoms with Crippen molar-refractivity contribution in [1.82, 2.24) is 14.6 Å². The number of aromatic nitrogens is 3. The highest BCUT2D eigenvalue weighted by Gasteiger charge is 2.04. The maximum Gasteiger partial charge on any atom is 0.222 e. The third-order valence-electron chi connectivity index (χ3n) is 2.64. The summed E-state index contributed by atoms with van der Waals surface area (Å²) in [5, 5.41) is 4.08. The molecule has 0 bridgehead atoms. The van der Waals surface area contributed by atoms with Crippen molar-refractivity contribution in [3.63, 3.8) is 0 Å². The Balaban J connectivity index is 1.95. The lowest BCUT2D eigenvalue weighted by Crippen LogP contribution is -2.00. The van der Waals surface area contributed by atoms with Gasteiger partial charge in [-0.25, -0.2) is 4.52 Å². The molecule has 3 rings (SSSR count). The summed E-state index contributed by atoms with van der Waals surface area (Å²) in [6.45, 7) is 0.436. The number of benzene rings is 1. The first-order valence-corrected chi connectivity index (χ1v) is 5.63. The maximum atomic E-state index is 5.75. The van der Waals surface area contributed by atoms with Gasteiger partial charge in [0.05, 0.1) is 6.20 Å². The molecule has 5 heteroatoms. The first kappa shape index (κ1) is 10.7. The van der Waals surface area contributed by atoms with Crippen LogP contribution in [0.1, 0.15) is 5.56 Å². The maximum absolute atomic E-state index is 5.75. The van der Waals surface area contributed by atoms with Crippen molar-refractivity contribution in [2.75, 3.05) is 0 Å². The van der Waals surface area contributed by atoms with E-state index in [9.17, 15) is 0 Å². The van der Waals surface area contributed by atoms with Gasteiger partial charge in [0.25, 0.3) is 0 Å². The first-order valence-electron chi connectivity index (χ1n) is 5.63. The molecule has 2 aromatic heterocycles. The molecule has 0 amide bonds. The van der Waals surface area contributed by atoms with E-state index in [1.54, 1.807) is 16.8 Å². The molecule has 0 aliphatic carbocycles. The van der Waals surface area contributed by atoms with Gasteiger partial charge in [0, 0.05) is 30.4 Å².